The van der Waals surface area contributed by atoms with Crippen molar-refractivity contribution in [2.75, 3.05) is 27.2 Å². The molecule has 2 N–H and O–H groups in total. The SMILES string of the molecule is CNCc1ccc(S(=O)(=O)NCCN(C)C(C)C)c(Br)c1. The summed E-state index contributed by atoms with van der Waals surface area (Å²) < 4.78 is 27.8. The van der Waals surface area contributed by atoms with Crippen molar-refractivity contribution < 1.29 is 8.42 Å². The van der Waals surface area contributed by atoms with E-state index in [4.69, 9.17) is 0 Å². The Balaban J connectivity index is 2.74. The topological polar surface area (TPSA) is 61.4 Å². The summed E-state index contributed by atoms with van der Waals surface area (Å²) in [6.45, 7) is 5.91. The molecule has 0 heterocycles. The summed E-state index contributed by atoms with van der Waals surface area (Å²) in [6, 6.07) is 5.66. The van der Waals surface area contributed by atoms with Crippen molar-refractivity contribution in [1.82, 2.24) is 14.9 Å². The van der Waals surface area contributed by atoms with Gasteiger partial charge in [0.05, 0.1) is 4.90 Å². The minimum Gasteiger partial charge on any atom is -0.316 e. The fourth-order valence-electron chi connectivity index (χ4n) is 1.77. The summed E-state index contributed by atoms with van der Waals surface area (Å²) in [5, 5.41) is 3.04. The number of hydrogen-bond donors (Lipinski definition) is 2. The zero-order valence-electron chi connectivity index (χ0n) is 13.0. The lowest BCUT2D eigenvalue weighted by atomic mass is 10.2. The highest BCUT2D eigenvalue weighted by atomic mass is 79.9. The van der Waals surface area contributed by atoms with Crippen LogP contribution in [0.2, 0.25) is 0 Å². The number of hydrogen-bond acceptors (Lipinski definition) is 4. The van der Waals surface area contributed by atoms with Crippen LogP contribution in [-0.2, 0) is 16.6 Å². The molecule has 0 radical (unpaired) electrons. The molecule has 0 amide bonds. The normalized spacial score (nSPS) is 12.3. The molecule has 0 aliphatic rings. The molecule has 5 nitrogen and oxygen atoms in total. The first-order chi connectivity index (χ1) is 9.77. The quantitative estimate of drug-likeness (QED) is 0.724. The van der Waals surface area contributed by atoms with Crippen LogP contribution in [-0.4, -0.2) is 46.5 Å². The molecule has 120 valence electrons. The summed E-state index contributed by atoms with van der Waals surface area (Å²) in [6.07, 6.45) is 0. The number of sulfonamides is 1. The Bertz CT molecular complexity index is 561. The average Bonchev–Trinajstić information content (AvgIpc) is 2.38. The van der Waals surface area contributed by atoms with Gasteiger partial charge in [0.15, 0.2) is 0 Å². The molecule has 7 heteroatoms. The van der Waals surface area contributed by atoms with E-state index in [1.807, 2.05) is 26.2 Å². The van der Waals surface area contributed by atoms with E-state index in [2.05, 4.69) is 44.7 Å². The summed E-state index contributed by atoms with van der Waals surface area (Å²) in [5.74, 6) is 0. The van der Waals surface area contributed by atoms with E-state index < -0.39 is 10.0 Å². The maximum atomic E-state index is 12.3. The van der Waals surface area contributed by atoms with Gasteiger partial charge in [-0.15, -0.1) is 0 Å². The molecule has 0 atom stereocenters. The van der Waals surface area contributed by atoms with Gasteiger partial charge in [-0.2, -0.15) is 0 Å². The van der Waals surface area contributed by atoms with E-state index in [1.54, 1.807) is 6.07 Å². The van der Waals surface area contributed by atoms with E-state index in [0.29, 0.717) is 30.1 Å². The molecule has 1 aromatic carbocycles. The number of nitrogens with zero attached hydrogens (tertiary/aromatic N) is 1. The van der Waals surface area contributed by atoms with Gasteiger partial charge in [-0.25, -0.2) is 13.1 Å². The molecule has 1 rings (SSSR count). The maximum absolute atomic E-state index is 12.3. The van der Waals surface area contributed by atoms with Gasteiger partial charge in [-0.1, -0.05) is 6.07 Å². The van der Waals surface area contributed by atoms with Crippen LogP contribution in [0.3, 0.4) is 0 Å². The Hall–Kier alpha value is -0.470. The first-order valence-corrected chi connectivity index (χ1v) is 9.18. The van der Waals surface area contributed by atoms with Crippen molar-refractivity contribution in [2.24, 2.45) is 0 Å². The van der Waals surface area contributed by atoms with Crippen LogP contribution in [0.25, 0.3) is 0 Å². The van der Waals surface area contributed by atoms with Gasteiger partial charge >= 0.3 is 0 Å². The van der Waals surface area contributed by atoms with Gasteiger partial charge < -0.3 is 10.2 Å². The van der Waals surface area contributed by atoms with Gasteiger partial charge in [0.25, 0.3) is 0 Å². The van der Waals surface area contributed by atoms with Crippen molar-refractivity contribution >= 4 is 26.0 Å². The van der Waals surface area contributed by atoms with E-state index in [1.165, 1.54) is 0 Å². The predicted molar refractivity (Wildman–Crippen MR) is 89.9 cm³/mol. The van der Waals surface area contributed by atoms with Gasteiger partial charge in [-0.05, 0) is 61.6 Å². The number of rotatable bonds is 8. The third-order valence-corrected chi connectivity index (χ3v) is 5.74. The smallest absolute Gasteiger partial charge is 0.241 e. The second kappa shape index (κ2) is 8.24. The Morgan fingerprint density at radius 2 is 2.00 bits per heavy atom. The highest BCUT2D eigenvalue weighted by Gasteiger charge is 2.17. The maximum Gasteiger partial charge on any atom is 0.241 e. The molecule has 0 unspecified atom stereocenters. The first kappa shape index (κ1) is 18.6. The molecule has 1 aromatic rings. The Labute approximate surface area is 136 Å². The van der Waals surface area contributed by atoms with Crippen molar-refractivity contribution in [2.45, 2.75) is 31.3 Å². The van der Waals surface area contributed by atoms with Crippen molar-refractivity contribution in [1.29, 1.82) is 0 Å². The lowest BCUT2D eigenvalue weighted by Gasteiger charge is -2.21. The molecule has 0 fully saturated rings. The van der Waals surface area contributed by atoms with Crippen molar-refractivity contribution in [3.05, 3.63) is 28.2 Å². The van der Waals surface area contributed by atoms with Gasteiger partial charge in [0.2, 0.25) is 10.0 Å². The van der Waals surface area contributed by atoms with Crippen LogP contribution in [0.4, 0.5) is 0 Å². The number of halogens is 1. The summed E-state index contributed by atoms with van der Waals surface area (Å²) >= 11 is 3.34. The standard InChI is InChI=1S/C14H24BrN3O2S/c1-11(2)18(4)8-7-17-21(19,20)14-6-5-12(10-16-3)9-13(14)15/h5-6,9,11,16-17H,7-8,10H2,1-4H3. The summed E-state index contributed by atoms with van der Waals surface area (Å²) in [5.41, 5.74) is 1.03. The highest BCUT2D eigenvalue weighted by Crippen LogP contribution is 2.23. The zero-order valence-corrected chi connectivity index (χ0v) is 15.4. The van der Waals surface area contributed by atoms with Crippen LogP contribution >= 0.6 is 15.9 Å². The van der Waals surface area contributed by atoms with Crippen LogP contribution in [0.1, 0.15) is 19.4 Å². The lowest BCUT2D eigenvalue weighted by molar-refractivity contribution is 0.278. The molecule has 0 saturated carbocycles. The number of nitrogens with one attached hydrogen (secondary N) is 2. The molecule has 0 aliphatic heterocycles. The van der Waals surface area contributed by atoms with Crippen LogP contribution < -0.4 is 10.0 Å². The Kier molecular flexibility index (Phi) is 7.29. The van der Waals surface area contributed by atoms with Crippen LogP contribution in [0.15, 0.2) is 27.6 Å². The Morgan fingerprint density at radius 1 is 1.33 bits per heavy atom. The van der Waals surface area contributed by atoms with Crippen molar-refractivity contribution in [3.63, 3.8) is 0 Å². The molecule has 0 bridgehead atoms. The molecule has 0 spiro atoms. The lowest BCUT2D eigenvalue weighted by Crippen LogP contribution is -2.36. The van der Waals surface area contributed by atoms with Gasteiger partial charge in [0.1, 0.15) is 0 Å². The highest BCUT2D eigenvalue weighted by molar-refractivity contribution is 9.10. The third kappa shape index (κ3) is 5.67. The number of benzene rings is 1. The van der Waals surface area contributed by atoms with E-state index >= 15 is 0 Å². The fraction of sp³-hybridized carbons (Fsp3) is 0.571. The minimum atomic E-state index is -3.49. The predicted octanol–water partition coefficient (Wildman–Crippen LogP) is 1.79. The molecule has 21 heavy (non-hydrogen) atoms. The largest absolute Gasteiger partial charge is 0.316 e. The van der Waals surface area contributed by atoms with E-state index in [9.17, 15) is 8.42 Å². The van der Waals surface area contributed by atoms with E-state index in [0.717, 1.165) is 5.56 Å². The Morgan fingerprint density at radius 3 is 2.52 bits per heavy atom. The second-order valence-electron chi connectivity index (χ2n) is 5.27. The monoisotopic (exact) mass is 377 g/mol. The van der Waals surface area contributed by atoms with Crippen LogP contribution in [0.5, 0.6) is 0 Å². The average molecular weight is 378 g/mol. The molecule has 0 aliphatic carbocycles. The minimum absolute atomic E-state index is 0.273. The van der Waals surface area contributed by atoms with Crippen molar-refractivity contribution in [3.8, 4) is 0 Å². The van der Waals surface area contributed by atoms with Crippen LogP contribution in [0, 0.1) is 0 Å². The second-order valence-corrected chi connectivity index (χ2v) is 7.86. The third-order valence-electron chi connectivity index (χ3n) is 3.30. The van der Waals surface area contributed by atoms with E-state index in [-0.39, 0.29) is 4.90 Å². The molecular formula is C14H24BrN3O2S. The van der Waals surface area contributed by atoms with Gasteiger partial charge in [0, 0.05) is 30.1 Å². The zero-order chi connectivity index (χ0) is 16.0. The first-order valence-electron chi connectivity index (χ1n) is 6.91. The molecular weight excluding hydrogens is 354 g/mol. The molecule has 0 aromatic heterocycles. The summed E-state index contributed by atoms with van der Waals surface area (Å²) in [7, 11) is 0.338. The summed E-state index contributed by atoms with van der Waals surface area (Å²) in [4.78, 5) is 2.36. The number of likely N-dealkylation sites (N-methyl/N-ethyl adjacent to an activating group) is 1. The van der Waals surface area contributed by atoms with Gasteiger partial charge in [-0.3, -0.25) is 0 Å². The molecule has 0 saturated heterocycles. The fourth-order valence-corrected chi connectivity index (χ4v) is 3.91.